The van der Waals surface area contributed by atoms with Crippen molar-refractivity contribution in [2.24, 2.45) is 0 Å². The van der Waals surface area contributed by atoms with E-state index in [4.69, 9.17) is 25.2 Å². The van der Waals surface area contributed by atoms with Gasteiger partial charge in [-0.15, -0.1) is 11.3 Å². The highest BCUT2D eigenvalue weighted by Gasteiger charge is 2.25. The lowest BCUT2D eigenvalue weighted by atomic mass is 9.98. The fourth-order valence-electron chi connectivity index (χ4n) is 4.00. The number of rotatable bonds is 4. The number of para-hydroxylation sites is 1. The molecule has 30 heavy (non-hydrogen) atoms. The van der Waals surface area contributed by atoms with Crippen molar-refractivity contribution in [1.29, 1.82) is 0 Å². The molecule has 2 aromatic heterocycles. The molecule has 154 valence electrons. The zero-order valence-corrected chi connectivity index (χ0v) is 17.8. The summed E-state index contributed by atoms with van der Waals surface area (Å²) in [4.78, 5) is 16.4. The van der Waals surface area contributed by atoms with Crippen molar-refractivity contribution in [2.45, 2.75) is 18.8 Å². The first-order valence-corrected chi connectivity index (χ1v) is 10.8. The normalized spacial score (nSPS) is 15.1. The van der Waals surface area contributed by atoms with Gasteiger partial charge in [-0.2, -0.15) is 4.98 Å². The second kappa shape index (κ2) is 7.60. The van der Waals surface area contributed by atoms with Crippen molar-refractivity contribution in [1.82, 2.24) is 15.0 Å². The first-order valence-electron chi connectivity index (χ1n) is 9.96. The summed E-state index contributed by atoms with van der Waals surface area (Å²) in [5, 5.41) is 1.99. The molecular weight excluding hydrogens is 398 g/mol. The molecule has 0 radical (unpaired) electrons. The maximum atomic E-state index is 6.26. The fraction of sp³-hybridized carbons (Fsp3) is 0.318. The van der Waals surface area contributed by atoms with Crippen LogP contribution in [0.2, 0.25) is 0 Å². The van der Waals surface area contributed by atoms with E-state index < -0.39 is 0 Å². The highest BCUT2D eigenvalue weighted by atomic mass is 32.1. The van der Waals surface area contributed by atoms with Gasteiger partial charge in [0.1, 0.15) is 5.82 Å². The number of nitrogens with two attached hydrogens (primary N) is 1. The van der Waals surface area contributed by atoms with Crippen LogP contribution in [0.4, 0.5) is 11.8 Å². The molecule has 5 rings (SSSR count). The predicted octanol–water partition coefficient (Wildman–Crippen LogP) is 4.22. The van der Waals surface area contributed by atoms with Gasteiger partial charge in [-0.3, -0.25) is 0 Å². The molecule has 0 saturated carbocycles. The van der Waals surface area contributed by atoms with Crippen LogP contribution in [0.1, 0.15) is 23.8 Å². The summed E-state index contributed by atoms with van der Waals surface area (Å²) in [5.41, 5.74) is 8.10. The molecule has 1 aliphatic rings. The largest absolute Gasteiger partial charge is 0.493 e. The standard InChI is InChI=1S/C22H23N5O2S/c1-28-17-11-14-16(12-18(17)29-2)25-22(26-20(14)23)27-9-7-13(8-10-27)21-24-15-5-3-4-6-19(15)30-21/h3-6,11-13H,7-10H2,1-2H3,(H2,23,25,26). The second-order valence-corrected chi connectivity index (χ2v) is 8.48. The van der Waals surface area contributed by atoms with E-state index in [1.54, 1.807) is 25.6 Å². The van der Waals surface area contributed by atoms with Crippen LogP contribution in [-0.4, -0.2) is 42.3 Å². The van der Waals surface area contributed by atoms with Crippen LogP contribution in [-0.2, 0) is 0 Å². The van der Waals surface area contributed by atoms with Gasteiger partial charge < -0.3 is 20.1 Å². The van der Waals surface area contributed by atoms with Crippen LogP contribution < -0.4 is 20.1 Å². The zero-order valence-electron chi connectivity index (χ0n) is 17.0. The van der Waals surface area contributed by atoms with Gasteiger partial charge in [0, 0.05) is 30.5 Å². The number of anilines is 2. The highest BCUT2D eigenvalue weighted by Crippen LogP contribution is 2.37. The molecule has 1 aliphatic heterocycles. The summed E-state index contributed by atoms with van der Waals surface area (Å²) in [7, 11) is 3.21. The summed E-state index contributed by atoms with van der Waals surface area (Å²) in [6, 6.07) is 12.0. The molecule has 1 fully saturated rings. The van der Waals surface area contributed by atoms with Gasteiger partial charge in [-0.05, 0) is 31.0 Å². The predicted molar refractivity (Wildman–Crippen MR) is 121 cm³/mol. The van der Waals surface area contributed by atoms with Crippen LogP contribution in [0.5, 0.6) is 11.5 Å². The number of nitrogen functional groups attached to an aromatic ring is 1. The van der Waals surface area contributed by atoms with Crippen LogP contribution in [0, 0.1) is 0 Å². The van der Waals surface area contributed by atoms with Gasteiger partial charge in [0.15, 0.2) is 11.5 Å². The van der Waals surface area contributed by atoms with Crippen molar-refractivity contribution >= 4 is 44.2 Å². The minimum absolute atomic E-state index is 0.448. The van der Waals surface area contributed by atoms with E-state index in [1.165, 1.54) is 9.71 Å². The molecular formula is C22H23N5O2S. The third-order valence-electron chi connectivity index (χ3n) is 5.66. The molecule has 3 heterocycles. The number of methoxy groups -OCH3 is 2. The van der Waals surface area contributed by atoms with E-state index in [0.717, 1.165) is 42.4 Å². The Morgan fingerprint density at radius 3 is 2.43 bits per heavy atom. The molecule has 4 aromatic rings. The van der Waals surface area contributed by atoms with E-state index in [2.05, 4.69) is 28.1 Å². The number of nitrogens with zero attached hydrogens (tertiary/aromatic N) is 4. The lowest BCUT2D eigenvalue weighted by Crippen LogP contribution is -2.34. The number of aromatic nitrogens is 3. The summed E-state index contributed by atoms with van der Waals surface area (Å²) < 4.78 is 12.0. The van der Waals surface area contributed by atoms with Crippen LogP contribution in [0.15, 0.2) is 36.4 Å². The average Bonchev–Trinajstić information content (AvgIpc) is 3.22. The summed E-state index contributed by atoms with van der Waals surface area (Å²) in [5.74, 6) is 2.83. The first kappa shape index (κ1) is 18.9. The molecule has 2 N–H and O–H groups in total. The van der Waals surface area contributed by atoms with Gasteiger partial charge in [0.05, 0.1) is 35.0 Å². The minimum atomic E-state index is 0.448. The number of thiazole rings is 1. The molecule has 1 saturated heterocycles. The number of piperidine rings is 1. The van der Waals surface area contributed by atoms with Gasteiger partial charge >= 0.3 is 0 Å². The van der Waals surface area contributed by atoms with Crippen molar-refractivity contribution < 1.29 is 9.47 Å². The molecule has 0 aliphatic carbocycles. The Balaban J connectivity index is 1.38. The Labute approximate surface area is 178 Å². The Hall–Kier alpha value is -3.13. The Kier molecular flexibility index (Phi) is 4.78. The van der Waals surface area contributed by atoms with Crippen molar-refractivity contribution in [3.63, 3.8) is 0 Å². The first-order chi connectivity index (χ1) is 14.7. The van der Waals surface area contributed by atoms with Crippen LogP contribution in [0.25, 0.3) is 21.1 Å². The maximum absolute atomic E-state index is 6.26. The number of hydrogen-bond donors (Lipinski definition) is 1. The van der Waals surface area contributed by atoms with Crippen molar-refractivity contribution in [2.75, 3.05) is 37.9 Å². The average molecular weight is 422 g/mol. The quantitative estimate of drug-likeness (QED) is 0.528. The number of benzene rings is 2. The molecule has 0 spiro atoms. The summed E-state index contributed by atoms with van der Waals surface area (Å²) in [6.07, 6.45) is 2.04. The van der Waals surface area contributed by atoms with Gasteiger partial charge in [-0.25, -0.2) is 9.97 Å². The topological polar surface area (TPSA) is 86.4 Å². The van der Waals surface area contributed by atoms with Gasteiger partial charge in [0.25, 0.3) is 0 Å². The van der Waals surface area contributed by atoms with E-state index >= 15 is 0 Å². The molecule has 8 heteroatoms. The molecule has 0 bridgehead atoms. The van der Waals surface area contributed by atoms with Gasteiger partial charge in [0.2, 0.25) is 5.95 Å². The Morgan fingerprint density at radius 1 is 0.967 bits per heavy atom. The molecule has 0 unspecified atom stereocenters. The van der Waals surface area contributed by atoms with E-state index in [0.29, 0.717) is 29.2 Å². The minimum Gasteiger partial charge on any atom is -0.493 e. The molecule has 2 aromatic carbocycles. The van der Waals surface area contributed by atoms with Crippen molar-refractivity contribution in [3.05, 3.63) is 41.4 Å². The lowest BCUT2D eigenvalue weighted by molar-refractivity contribution is 0.356. The Morgan fingerprint density at radius 2 is 1.70 bits per heavy atom. The monoisotopic (exact) mass is 421 g/mol. The van der Waals surface area contributed by atoms with E-state index in [9.17, 15) is 0 Å². The highest BCUT2D eigenvalue weighted by molar-refractivity contribution is 7.18. The molecule has 0 atom stereocenters. The number of ether oxygens (including phenoxy) is 2. The lowest BCUT2D eigenvalue weighted by Gasteiger charge is -2.31. The summed E-state index contributed by atoms with van der Waals surface area (Å²) >= 11 is 1.81. The number of hydrogen-bond acceptors (Lipinski definition) is 8. The molecule has 0 amide bonds. The van der Waals surface area contributed by atoms with Crippen LogP contribution in [0.3, 0.4) is 0 Å². The third kappa shape index (κ3) is 3.27. The Bertz CT molecular complexity index is 1180. The maximum Gasteiger partial charge on any atom is 0.227 e. The molecule has 7 nitrogen and oxygen atoms in total. The van der Waals surface area contributed by atoms with Gasteiger partial charge in [-0.1, -0.05) is 12.1 Å². The second-order valence-electron chi connectivity index (χ2n) is 7.41. The van der Waals surface area contributed by atoms with Crippen molar-refractivity contribution in [3.8, 4) is 11.5 Å². The smallest absolute Gasteiger partial charge is 0.227 e. The SMILES string of the molecule is COc1cc2nc(N3CCC(c4nc5ccccc5s4)CC3)nc(N)c2cc1OC. The number of fused-ring (bicyclic) bond motifs is 2. The fourth-order valence-corrected chi connectivity index (χ4v) is 5.14. The van der Waals surface area contributed by atoms with Crippen LogP contribution >= 0.6 is 11.3 Å². The zero-order chi connectivity index (χ0) is 20.7. The van der Waals surface area contributed by atoms with E-state index in [1.807, 2.05) is 18.2 Å². The van der Waals surface area contributed by atoms with E-state index in [-0.39, 0.29) is 0 Å². The summed E-state index contributed by atoms with van der Waals surface area (Å²) in [6.45, 7) is 1.75. The third-order valence-corrected chi connectivity index (χ3v) is 6.86.